The molecular formula is C18H21F3N6O2. The van der Waals surface area contributed by atoms with Crippen molar-refractivity contribution in [3.63, 3.8) is 0 Å². The molecule has 1 aromatic carbocycles. The number of nitrogens with one attached hydrogen (secondary N) is 1. The Morgan fingerprint density at radius 1 is 1.31 bits per heavy atom. The fourth-order valence-electron chi connectivity index (χ4n) is 2.90. The molecule has 156 valence electrons. The Hall–Kier alpha value is -3.05. The number of benzene rings is 1. The number of hydrogen-bond donors (Lipinski definition) is 3. The predicted octanol–water partition coefficient (Wildman–Crippen LogP) is 1.68. The number of nitrogens with two attached hydrogens (primary N) is 2. The van der Waals surface area contributed by atoms with Crippen molar-refractivity contribution >= 4 is 5.84 Å². The standard InChI is InChI=1S/C18H21F3N6O2/c1-11-7-27(10-24-11)14-4-3-12(5-15(14)28-2)18(23)25-13(6-16(22)26-18)8-29-9-17(19,20)21/h3-7,10,25H,8-9,23H2,1-2H3,(H2,22,26). The molecule has 3 rings (SSSR count). The normalized spacial score (nSPS) is 19.4. The van der Waals surface area contributed by atoms with Crippen LogP contribution < -0.4 is 21.5 Å². The van der Waals surface area contributed by atoms with Gasteiger partial charge in [-0.3, -0.25) is 5.73 Å². The molecule has 1 atom stereocenters. The highest BCUT2D eigenvalue weighted by atomic mass is 19.4. The zero-order valence-corrected chi connectivity index (χ0v) is 15.8. The first-order valence-corrected chi connectivity index (χ1v) is 8.56. The minimum absolute atomic E-state index is 0.0603. The molecule has 0 aliphatic carbocycles. The summed E-state index contributed by atoms with van der Waals surface area (Å²) in [6, 6.07) is 5.17. The van der Waals surface area contributed by atoms with Gasteiger partial charge in [-0.1, -0.05) is 6.07 Å². The van der Waals surface area contributed by atoms with Gasteiger partial charge in [-0.15, -0.1) is 0 Å². The number of halogens is 3. The van der Waals surface area contributed by atoms with Gasteiger partial charge in [0.2, 0.25) is 5.79 Å². The molecule has 0 bridgehead atoms. The summed E-state index contributed by atoms with van der Waals surface area (Å²) in [6.07, 6.45) is 0.438. The van der Waals surface area contributed by atoms with E-state index < -0.39 is 18.6 Å². The smallest absolute Gasteiger partial charge is 0.411 e. The highest BCUT2D eigenvalue weighted by molar-refractivity contribution is 5.93. The fourth-order valence-corrected chi connectivity index (χ4v) is 2.90. The first kappa shape index (κ1) is 20.7. The van der Waals surface area contributed by atoms with Gasteiger partial charge in [-0.05, 0) is 19.1 Å². The number of alkyl halides is 3. The maximum Gasteiger partial charge on any atom is 0.411 e. The second-order valence-electron chi connectivity index (χ2n) is 6.51. The van der Waals surface area contributed by atoms with E-state index in [-0.39, 0.29) is 18.1 Å². The first-order chi connectivity index (χ1) is 13.6. The van der Waals surface area contributed by atoms with Crippen molar-refractivity contribution in [3.05, 3.63) is 53.8 Å². The average molecular weight is 410 g/mol. The third-order valence-electron chi connectivity index (χ3n) is 4.11. The molecule has 11 heteroatoms. The maximum absolute atomic E-state index is 12.3. The summed E-state index contributed by atoms with van der Waals surface area (Å²) in [5, 5.41) is 2.88. The molecule has 5 N–H and O–H groups in total. The number of aliphatic imine (C=N–C) groups is 1. The molecule has 2 aromatic rings. The molecule has 2 heterocycles. The van der Waals surface area contributed by atoms with E-state index in [0.717, 1.165) is 11.4 Å². The molecule has 0 spiro atoms. The summed E-state index contributed by atoms with van der Waals surface area (Å²) < 4.78 is 48.9. The van der Waals surface area contributed by atoms with Crippen LogP contribution in [0.4, 0.5) is 13.2 Å². The number of amidine groups is 1. The Labute approximate surface area is 165 Å². The Morgan fingerprint density at radius 2 is 2.07 bits per heavy atom. The molecule has 1 unspecified atom stereocenters. The van der Waals surface area contributed by atoms with Crippen LogP contribution in [0.2, 0.25) is 0 Å². The van der Waals surface area contributed by atoms with E-state index in [4.69, 9.17) is 16.2 Å². The van der Waals surface area contributed by atoms with E-state index in [1.165, 1.54) is 13.2 Å². The van der Waals surface area contributed by atoms with Gasteiger partial charge in [0.1, 0.15) is 18.2 Å². The molecule has 1 aliphatic rings. The van der Waals surface area contributed by atoms with Crippen molar-refractivity contribution in [1.29, 1.82) is 0 Å². The first-order valence-electron chi connectivity index (χ1n) is 8.56. The van der Waals surface area contributed by atoms with Crippen molar-refractivity contribution < 1.29 is 22.6 Å². The third-order valence-corrected chi connectivity index (χ3v) is 4.11. The molecule has 1 aliphatic heterocycles. The van der Waals surface area contributed by atoms with Crippen molar-refractivity contribution in [2.75, 3.05) is 20.3 Å². The van der Waals surface area contributed by atoms with Gasteiger partial charge in [-0.25, -0.2) is 9.98 Å². The predicted molar refractivity (Wildman–Crippen MR) is 100 cm³/mol. The van der Waals surface area contributed by atoms with E-state index in [1.807, 2.05) is 13.1 Å². The summed E-state index contributed by atoms with van der Waals surface area (Å²) in [6.45, 7) is 0.135. The molecular weight excluding hydrogens is 389 g/mol. The van der Waals surface area contributed by atoms with Crippen LogP contribution >= 0.6 is 0 Å². The number of nitrogens with zero attached hydrogens (tertiary/aromatic N) is 3. The zero-order chi connectivity index (χ0) is 21.2. The van der Waals surface area contributed by atoms with E-state index in [2.05, 4.69) is 20.0 Å². The summed E-state index contributed by atoms with van der Waals surface area (Å²) in [5.41, 5.74) is 14.5. The van der Waals surface area contributed by atoms with E-state index in [0.29, 0.717) is 11.3 Å². The SMILES string of the molecule is COc1cc(C2(N)N=C(N)C=C(COCC(F)(F)F)N2)ccc1-n1cnc(C)c1. The molecule has 0 fully saturated rings. The van der Waals surface area contributed by atoms with Gasteiger partial charge >= 0.3 is 6.18 Å². The Balaban J connectivity index is 1.84. The molecule has 0 saturated carbocycles. The van der Waals surface area contributed by atoms with Crippen LogP contribution in [0, 0.1) is 6.92 Å². The van der Waals surface area contributed by atoms with Gasteiger partial charge in [0.05, 0.1) is 31.4 Å². The summed E-state index contributed by atoms with van der Waals surface area (Å²) >= 11 is 0. The average Bonchev–Trinajstić information content (AvgIpc) is 3.05. The topological polar surface area (TPSA) is 113 Å². The second kappa shape index (κ2) is 7.76. The highest BCUT2D eigenvalue weighted by Gasteiger charge is 2.32. The molecule has 0 radical (unpaired) electrons. The summed E-state index contributed by atoms with van der Waals surface area (Å²) in [5.74, 6) is -0.929. The van der Waals surface area contributed by atoms with Gasteiger partial charge in [0, 0.05) is 23.5 Å². The molecule has 29 heavy (non-hydrogen) atoms. The van der Waals surface area contributed by atoms with E-state index in [1.54, 1.807) is 29.1 Å². The van der Waals surface area contributed by atoms with Crippen LogP contribution in [0.15, 0.2) is 47.5 Å². The van der Waals surface area contributed by atoms with Crippen molar-refractivity contribution in [2.24, 2.45) is 16.5 Å². The van der Waals surface area contributed by atoms with Crippen molar-refractivity contribution in [1.82, 2.24) is 14.9 Å². The number of rotatable bonds is 6. The Morgan fingerprint density at radius 3 is 2.69 bits per heavy atom. The molecule has 1 aromatic heterocycles. The summed E-state index contributed by atoms with van der Waals surface area (Å²) in [4.78, 5) is 8.40. The largest absolute Gasteiger partial charge is 0.495 e. The monoisotopic (exact) mass is 410 g/mol. The maximum atomic E-state index is 12.3. The lowest BCUT2D eigenvalue weighted by Crippen LogP contribution is -2.52. The van der Waals surface area contributed by atoms with E-state index in [9.17, 15) is 13.2 Å². The number of aromatic nitrogens is 2. The third kappa shape index (κ3) is 4.87. The minimum Gasteiger partial charge on any atom is -0.495 e. The summed E-state index contributed by atoms with van der Waals surface area (Å²) in [7, 11) is 1.51. The molecule has 8 nitrogen and oxygen atoms in total. The van der Waals surface area contributed by atoms with Gasteiger partial charge < -0.3 is 25.1 Å². The number of ether oxygens (including phenoxy) is 2. The quantitative estimate of drug-likeness (QED) is 0.668. The van der Waals surface area contributed by atoms with Crippen LogP contribution in [-0.4, -0.2) is 41.9 Å². The van der Waals surface area contributed by atoms with Crippen LogP contribution in [0.1, 0.15) is 11.3 Å². The van der Waals surface area contributed by atoms with E-state index >= 15 is 0 Å². The number of hydrogen-bond acceptors (Lipinski definition) is 7. The van der Waals surface area contributed by atoms with Crippen LogP contribution in [-0.2, 0) is 10.5 Å². The Bertz CT molecular complexity index is 953. The Kier molecular flexibility index (Phi) is 5.53. The van der Waals surface area contributed by atoms with Gasteiger partial charge in [-0.2, -0.15) is 13.2 Å². The van der Waals surface area contributed by atoms with Crippen LogP contribution in [0.25, 0.3) is 5.69 Å². The minimum atomic E-state index is -4.43. The fraction of sp³-hybridized carbons (Fsp3) is 0.333. The van der Waals surface area contributed by atoms with Crippen molar-refractivity contribution in [3.8, 4) is 11.4 Å². The van der Waals surface area contributed by atoms with Crippen molar-refractivity contribution in [2.45, 2.75) is 18.9 Å². The molecule has 0 saturated heterocycles. The van der Waals surface area contributed by atoms with Crippen LogP contribution in [0.5, 0.6) is 5.75 Å². The number of imidazole rings is 1. The highest BCUT2D eigenvalue weighted by Crippen LogP contribution is 2.30. The van der Waals surface area contributed by atoms with Crippen LogP contribution in [0.3, 0.4) is 0 Å². The number of aryl methyl sites for hydroxylation is 1. The second-order valence-corrected chi connectivity index (χ2v) is 6.51. The lowest BCUT2D eigenvalue weighted by atomic mass is 10.1. The lowest BCUT2D eigenvalue weighted by Gasteiger charge is -2.33. The zero-order valence-electron chi connectivity index (χ0n) is 15.8. The molecule has 0 amide bonds. The van der Waals surface area contributed by atoms with Gasteiger partial charge in [0.25, 0.3) is 0 Å². The number of methoxy groups -OCH3 is 1. The lowest BCUT2D eigenvalue weighted by molar-refractivity contribution is -0.172. The van der Waals surface area contributed by atoms with Gasteiger partial charge in [0.15, 0.2) is 0 Å².